The van der Waals surface area contributed by atoms with Crippen molar-refractivity contribution in [1.29, 1.82) is 0 Å². The van der Waals surface area contributed by atoms with Gasteiger partial charge in [-0.15, -0.1) is 0 Å². The Morgan fingerprint density at radius 1 is 1.33 bits per heavy atom. The Kier molecular flexibility index (Phi) is 3.21. The summed E-state index contributed by atoms with van der Waals surface area (Å²) < 4.78 is 37.0. The van der Waals surface area contributed by atoms with Gasteiger partial charge in [0.25, 0.3) is 0 Å². The average molecular weight is 221 g/mol. The summed E-state index contributed by atoms with van der Waals surface area (Å²) in [5, 5.41) is 18.2. The monoisotopic (exact) mass is 221 g/mol. The van der Waals surface area contributed by atoms with Gasteiger partial charge in [-0.25, -0.2) is 0 Å². The number of halogens is 3. The van der Waals surface area contributed by atoms with Crippen LogP contribution in [0.4, 0.5) is 13.2 Å². The Morgan fingerprint density at radius 3 is 2.40 bits per heavy atom. The van der Waals surface area contributed by atoms with E-state index in [1.807, 2.05) is 0 Å². The standard InChI is InChI=1S/C9H10F3NO2/c10-9(11,12)6-3-5(8(15)4-13)1-2-7(6)14/h1-3,8,14-15H,4,13H2. The third-order valence-electron chi connectivity index (χ3n) is 1.93. The molecule has 84 valence electrons. The number of phenols is 1. The van der Waals surface area contributed by atoms with Gasteiger partial charge in [-0.05, 0) is 17.7 Å². The second-order valence-corrected chi connectivity index (χ2v) is 3.03. The van der Waals surface area contributed by atoms with E-state index in [1.54, 1.807) is 0 Å². The molecule has 0 aliphatic rings. The number of phenolic OH excluding ortho intramolecular Hbond substituents is 1. The third kappa shape index (κ3) is 2.60. The number of rotatable bonds is 2. The van der Waals surface area contributed by atoms with Crippen molar-refractivity contribution in [2.75, 3.05) is 6.54 Å². The van der Waals surface area contributed by atoms with E-state index in [0.29, 0.717) is 6.07 Å². The molecule has 0 spiro atoms. The van der Waals surface area contributed by atoms with Crippen molar-refractivity contribution in [2.24, 2.45) is 5.73 Å². The maximum absolute atomic E-state index is 12.3. The molecule has 0 saturated heterocycles. The summed E-state index contributed by atoms with van der Waals surface area (Å²) in [5.74, 6) is -0.865. The molecule has 0 fully saturated rings. The van der Waals surface area contributed by atoms with Crippen molar-refractivity contribution in [3.05, 3.63) is 29.3 Å². The van der Waals surface area contributed by atoms with E-state index < -0.39 is 23.6 Å². The molecule has 4 N–H and O–H groups in total. The fourth-order valence-corrected chi connectivity index (χ4v) is 1.12. The van der Waals surface area contributed by atoms with Gasteiger partial charge in [0.15, 0.2) is 0 Å². The highest BCUT2D eigenvalue weighted by molar-refractivity contribution is 5.39. The van der Waals surface area contributed by atoms with Crippen LogP contribution in [0.25, 0.3) is 0 Å². The summed E-state index contributed by atoms with van der Waals surface area (Å²) in [6.07, 6.45) is -5.80. The van der Waals surface area contributed by atoms with E-state index in [2.05, 4.69) is 0 Å². The number of aliphatic hydroxyl groups excluding tert-OH is 1. The van der Waals surface area contributed by atoms with Gasteiger partial charge in [0.1, 0.15) is 5.75 Å². The zero-order valence-electron chi connectivity index (χ0n) is 7.62. The molecule has 0 heterocycles. The Balaban J connectivity index is 3.17. The highest BCUT2D eigenvalue weighted by Crippen LogP contribution is 2.36. The van der Waals surface area contributed by atoms with Gasteiger partial charge in [0.05, 0.1) is 11.7 Å². The number of nitrogens with two attached hydrogens (primary N) is 1. The number of aliphatic hydroxyl groups is 1. The van der Waals surface area contributed by atoms with E-state index >= 15 is 0 Å². The smallest absolute Gasteiger partial charge is 0.419 e. The van der Waals surface area contributed by atoms with Gasteiger partial charge in [0.2, 0.25) is 0 Å². The number of benzene rings is 1. The highest BCUT2D eigenvalue weighted by Gasteiger charge is 2.34. The fourth-order valence-electron chi connectivity index (χ4n) is 1.12. The molecule has 0 aliphatic heterocycles. The Bertz CT molecular complexity index is 352. The molecule has 1 atom stereocenters. The molecule has 0 aliphatic carbocycles. The first-order valence-electron chi connectivity index (χ1n) is 4.14. The molecule has 0 bridgehead atoms. The van der Waals surface area contributed by atoms with Gasteiger partial charge in [-0.2, -0.15) is 13.2 Å². The van der Waals surface area contributed by atoms with Crippen molar-refractivity contribution in [3.8, 4) is 5.75 Å². The average Bonchev–Trinajstić information content (AvgIpc) is 2.15. The molecule has 1 rings (SSSR count). The second-order valence-electron chi connectivity index (χ2n) is 3.03. The predicted octanol–water partition coefficient (Wildman–Crippen LogP) is 1.40. The van der Waals surface area contributed by atoms with E-state index in [1.165, 1.54) is 6.07 Å². The van der Waals surface area contributed by atoms with E-state index in [-0.39, 0.29) is 12.1 Å². The first-order chi connectivity index (χ1) is 6.86. The van der Waals surface area contributed by atoms with Crippen molar-refractivity contribution in [1.82, 2.24) is 0 Å². The lowest BCUT2D eigenvalue weighted by atomic mass is 10.0. The first-order valence-corrected chi connectivity index (χ1v) is 4.14. The summed E-state index contributed by atoms with van der Waals surface area (Å²) in [6, 6.07) is 2.77. The SMILES string of the molecule is NCC(O)c1ccc(O)c(C(F)(F)F)c1. The third-order valence-corrected chi connectivity index (χ3v) is 1.93. The fraction of sp³-hybridized carbons (Fsp3) is 0.333. The largest absolute Gasteiger partial charge is 0.507 e. The van der Waals surface area contributed by atoms with E-state index in [4.69, 9.17) is 10.8 Å². The molecule has 1 aromatic carbocycles. The minimum atomic E-state index is -4.64. The number of aromatic hydroxyl groups is 1. The Hall–Kier alpha value is -1.27. The van der Waals surface area contributed by atoms with Crippen LogP contribution in [-0.4, -0.2) is 16.8 Å². The van der Waals surface area contributed by atoms with Gasteiger partial charge in [0, 0.05) is 6.54 Å². The zero-order valence-corrected chi connectivity index (χ0v) is 7.62. The molecular weight excluding hydrogens is 211 g/mol. The van der Waals surface area contributed by atoms with Gasteiger partial charge >= 0.3 is 6.18 Å². The predicted molar refractivity (Wildman–Crippen MR) is 47.1 cm³/mol. The van der Waals surface area contributed by atoms with Crippen LogP contribution in [0.3, 0.4) is 0 Å². The van der Waals surface area contributed by atoms with Crippen molar-refractivity contribution >= 4 is 0 Å². The van der Waals surface area contributed by atoms with Gasteiger partial charge < -0.3 is 15.9 Å². The van der Waals surface area contributed by atoms with E-state index in [9.17, 15) is 18.3 Å². The second kappa shape index (κ2) is 4.08. The molecule has 1 aromatic rings. The van der Waals surface area contributed by atoms with Crippen LogP contribution in [0.15, 0.2) is 18.2 Å². The van der Waals surface area contributed by atoms with Crippen LogP contribution in [-0.2, 0) is 6.18 Å². The van der Waals surface area contributed by atoms with Crippen molar-refractivity contribution in [3.63, 3.8) is 0 Å². The number of alkyl halides is 3. The summed E-state index contributed by atoms with van der Waals surface area (Å²) in [4.78, 5) is 0. The summed E-state index contributed by atoms with van der Waals surface area (Å²) in [5.41, 5.74) is 3.96. The molecule has 0 amide bonds. The lowest BCUT2D eigenvalue weighted by molar-refractivity contribution is -0.138. The van der Waals surface area contributed by atoms with Crippen LogP contribution in [0.5, 0.6) is 5.75 Å². The quantitative estimate of drug-likeness (QED) is 0.707. The molecule has 0 saturated carbocycles. The number of hydrogen-bond donors (Lipinski definition) is 3. The Morgan fingerprint density at radius 2 is 1.93 bits per heavy atom. The molecular formula is C9H10F3NO2. The summed E-state index contributed by atoms with van der Waals surface area (Å²) in [6.45, 7) is -0.178. The van der Waals surface area contributed by atoms with Crippen molar-refractivity contribution in [2.45, 2.75) is 12.3 Å². The molecule has 0 radical (unpaired) electrons. The minimum absolute atomic E-state index is 0.0302. The zero-order chi connectivity index (χ0) is 11.6. The minimum Gasteiger partial charge on any atom is -0.507 e. The molecule has 0 aromatic heterocycles. The summed E-state index contributed by atoms with van der Waals surface area (Å²) in [7, 11) is 0. The van der Waals surface area contributed by atoms with E-state index in [0.717, 1.165) is 6.07 Å². The van der Waals surface area contributed by atoms with Crippen molar-refractivity contribution < 1.29 is 23.4 Å². The summed E-state index contributed by atoms with van der Waals surface area (Å²) >= 11 is 0. The topological polar surface area (TPSA) is 66.5 Å². The molecule has 3 nitrogen and oxygen atoms in total. The highest BCUT2D eigenvalue weighted by atomic mass is 19.4. The first kappa shape index (κ1) is 11.8. The molecule has 6 heteroatoms. The molecule has 15 heavy (non-hydrogen) atoms. The van der Waals surface area contributed by atoms with Crippen LogP contribution < -0.4 is 5.73 Å². The van der Waals surface area contributed by atoms with Crippen LogP contribution >= 0.6 is 0 Å². The number of hydrogen-bond acceptors (Lipinski definition) is 3. The van der Waals surface area contributed by atoms with Crippen LogP contribution in [0, 0.1) is 0 Å². The Labute approximate surface area is 84.0 Å². The maximum atomic E-state index is 12.3. The molecule has 1 unspecified atom stereocenters. The maximum Gasteiger partial charge on any atom is 0.419 e. The lowest BCUT2D eigenvalue weighted by Gasteiger charge is -2.13. The van der Waals surface area contributed by atoms with Crippen LogP contribution in [0.2, 0.25) is 0 Å². The van der Waals surface area contributed by atoms with Crippen LogP contribution in [0.1, 0.15) is 17.2 Å². The lowest BCUT2D eigenvalue weighted by Crippen LogP contribution is -2.13. The normalized spacial score (nSPS) is 13.9. The van der Waals surface area contributed by atoms with Gasteiger partial charge in [-0.3, -0.25) is 0 Å². The van der Waals surface area contributed by atoms with Gasteiger partial charge in [-0.1, -0.05) is 6.07 Å².